The molecule has 1 aromatic carbocycles. The zero-order valence-corrected chi connectivity index (χ0v) is 12.7. The van der Waals surface area contributed by atoms with Crippen LogP contribution in [0.2, 0.25) is 0 Å². The highest BCUT2D eigenvalue weighted by molar-refractivity contribution is 5.95. The zero-order valence-electron chi connectivity index (χ0n) is 12.7. The molecule has 112 valence electrons. The first-order valence-electron chi connectivity index (χ1n) is 8.42. The fourth-order valence-corrected chi connectivity index (χ4v) is 4.44. The summed E-state index contributed by atoms with van der Waals surface area (Å²) in [7, 11) is 0. The van der Waals surface area contributed by atoms with E-state index in [2.05, 4.69) is 22.3 Å². The van der Waals surface area contributed by atoms with Gasteiger partial charge in [0.25, 0.3) is 5.91 Å². The number of amides is 1. The Kier molecular flexibility index (Phi) is 3.16. The van der Waals surface area contributed by atoms with E-state index >= 15 is 0 Å². The number of nitrogens with zero attached hydrogens (tertiary/aromatic N) is 1. The molecule has 0 bridgehead atoms. The molecule has 3 heteroatoms. The lowest BCUT2D eigenvalue weighted by Gasteiger charge is -2.33. The molecule has 1 saturated heterocycles. The molecular weight excluding hydrogens is 260 g/mol. The number of likely N-dealkylation sites (tertiary alicyclic amines) is 1. The molecule has 2 aliphatic heterocycles. The highest BCUT2D eigenvalue weighted by atomic mass is 16.2. The van der Waals surface area contributed by atoms with Crippen LogP contribution in [0, 0.1) is 5.41 Å². The van der Waals surface area contributed by atoms with Gasteiger partial charge >= 0.3 is 0 Å². The van der Waals surface area contributed by atoms with E-state index < -0.39 is 0 Å². The van der Waals surface area contributed by atoms with Crippen molar-refractivity contribution in [2.45, 2.75) is 44.9 Å². The minimum atomic E-state index is 0.243. The zero-order chi connectivity index (χ0) is 14.3. The quantitative estimate of drug-likeness (QED) is 0.856. The Labute approximate surface area is 126 Å². The van der Waals surface area contributed by atoms with Crippen LogP contribution in [-0.4, -0.2) is 30.4 Å². The van der Waals surface area contributed by atoms with Crippen LogP contribution in [0.15, 0.2) is 18.2 Å². The van der Waals surface area contributed by atoms with Gasteiger partial charge in [0.1, 0.15) is 0 Å². The average Bonchev–Trinajstić information content (AvgIpc) is 3.14. The van der Waals surface area contributed by atoms with E-state index in [4.69, 9.17) is 0 Å². The molecule has 1 aromatic rings. The molecule has 1 aliphatic carbocycles. The second-order valence-corrected chi connectivity index (χ2v) is 7.09. The fraction of sp³-hybridized carbons (Fsp3) is 0.611. The monoisotopic (exact) mass is 284 g/mol. The predicted molar refractivity (Wildman–Crippen MR) is 84.7 cm³/mol. The second kappa shape index (κ2) is 5.04. The van der Waals surface area contributed by atoms with Crippen LogP contribution in [-0.2, 0) is 6.42 Å². The van der Waals surface area contributed by atoms with Gasteiger partial charge in [-0.2, -0.15) is 0 Å². The number of carbonyl (C=O) groups excluding carboxylic acids is 1. The van der Waals surface area contributed by atoms with Crippen LogP contribution >= 0.6 is 0 Å². The van der Waals surface area contributed by atoms with E-state index in [-0.39, 0.29) is 5.91 Å². The summed E-state index contributed by atoms with van der Waals surface area (Å²) in [5.41, 5.74) is 3.83. The summed E-state index contributed by atoms with van der Waals surface area (Å²) in [4.78, 5) is 14.9. The van der Waals surface area contributed by atoms with E-state index in [0.717, 1.165) is 31.6 Å². The average molecular weight is 284 g/mol. The molecule has 0 radical (unpaired) electrons. The lowest BCUT2D eigenvalue weighted by atomic mass is 9.73. The summed E-state index contributed by atoms with van der Waals surface area (Å²) in [6, 6.07) is 6.16. The lowest BCUT2D eigenvalue weighted by molar-refractivity contribution is 0.0759. The maximum Gasteiger partial charge on any atom is 0.253 e. The molecule has 1 amide bonds. The SMILES string of the molecule is O=C(c1ccc2c(c1)CCN2)N1CCC2(CCCCC2)C1. The third kappa shape index (κ3) is 2.33. The van der Waals surface area contributed by atoms with Gasteiger partial charge in [0, 0.05) is 30.9 Å². The van der Waals surface area contributed by atoms with Crippen LogP contribution in [0.25, 0.3) is 0 Å². The predicted octanol–water partition coefficient (Wildman–Crippen LogP) is 3.45. The summed E-state index contributed by atoms with van der Waals surface area (Å²) in [6.07, 6.45) is 8.99. The Morgan fingerprint density at radius 2 is 2.00 bits per heavy atom. The van der Waals surface area contributed by atoms with Crippen LogP contribution in [0.5, 0.6) is 0 Å². The van der Waals surface area contributed by atoms with Gasteiger partial charge in [-0.3, -0.25) is 4.79 Å². The highest BCUT2D eigenvalue weighted by Gasteiger charge is 2.40. The lowest BCUT2D eigenvalue weighted by Crippen LogP contribution is -2.33. The Hall–Kier alpha value is -1.51. The molecule has 0 atom stereocenters. The topological polar surface area (TPSA) is 32.3 Å². The number of anilines is 1. The van der Waals surface area contributed by atoms with Crippen LogP contribution in [0.4, 0.5) is 5.69 Å². The first-order valence-corrected chi connectivity index (χ1v) is 8.42. The van der Waals surface area contributed by atoms with Crippen LogP contribution in [0.3, 0.4) is 0 Å². The largest absolute Gasteiger partial charge is 0.384 e. The fourth-order valence-electron chi connectivity index (χ4n) is 4.44. The van der Waals surface area contributed by atoms with Crippen molar-refractivity contribution in [2.24, 2.45) is 5.41 Å². The van der Waals surface area contributed by atoms with Gasteiger partial charge in [-0.05, 0) is 54.9 Å². The smallest absolute Gasteiger partial charge is 0.253 e. The van der Waals surface area contributed by atoms with Gasteiger partial charge in [0.2, 0.25) is 0 Å². The van der Waals surface area contributed by atoms with E-state index in [1.807, 2.05) is 6.07 Å². The van der Waals surface area contributed by atoms with Crippen molar-refractivity contribution in [1.82, 2.24) is 4.90 Å². The third-order valence-corrected chi connectivity index (χ3v) is 5.70. The Morgan fingerprint density at radius 3 is 2.86 bits per heavy atom. The van der Waals surface area contributed by atoms with Crippen molar-refractivity contribution in [3.05, 3.63) is 29.3 Å². The number of fused-ring (bicyclic) bond motifs is 1. The normalized spacial score (nSPS) is 23.1. The molecule has 2 heterocycles. The maximum atomic E-state index is 12.8. The van der Waals surface area contributed by atoms with Gasteiger partial charge < -0.3 is 10.2 Å². The van der Waals surface area contributed by atoms with E-state index in [9.17, 15) is 4.79 Å². The molecule has 1 spiro atoms. The molecule has 2 fully saturated rings. The minimum absolute atomic E-state index is 0.243. The first kappa shape index (κ1) is 13.2. The number of benzene rings is 1. The molecule has 21 heavy (non-hydrogen) atoms. The van der Waals surface area contributed by atoms with Crippen LogP contribution < -0.4 is 5.32 Å². The summed E-state index contributed by atoms with van der Waals surface area (Å²) in [5.74, 6) is 0.243. The Balaban J connectivity index is 1.50. The minimum Gasteiger partial charge on any atom is -0.384 e. The molecule has 1 saturated carbocycles. The van der Waals surface area contributed by atoms with Crippen molar-refractivity contribution in [3.8, 4) is 0 Å². The first-order chi connectivity index (χ1) is 10.3. The van der Waals surface area contributed by atoms with Gasteiger partial charge in [-0.15, -0.1) is 0 Å². The summed E-state index contributed by atoms with van der Waals surface area (Å²) in [5, 5.41) is 3.36. The number of hydrogen-bond donors (Lipinski definition) is 1. The van der Waals surface area contributed by atoms with E-state index in [0.29, 0.717) is 5.41 Å². The number of rotatable bonds is 1. The van der Waals surface area contributed by atoms with Crippen molar-refractivity contribution < 1.29 is 4.79 Å². The summed E-state index contributed by atoms with van der Waals surface area (Å²) >= 11 is 0. The molecule has 3 nitrogen and oxygen atoms in total. The van der Waals surface area contributed by atoms with Gasteiger partial charge in [-0.25, -0.2) is 0 Å². The second-order valence-electron chi connectivity index (χ2n) is 7.09. The van der Waals surface area contributed by atoms with Crippen molar-refractivity contribution in [3.63, 3.8) is 0 Å². The molecule has 0 unspecified atom stereocenters. The molecule has 3 aliphatic rings. The van der Waals surface area contributed by atoms with E-state index in [1.54, 1.807) is 0 Å². The highest BCUT2D eigenvalue weighted by Crippen LogP contribution is 2.44. The molecule has 1 N–H and O–H groups in total. The number of carbonyl (C=O) groups is 1. The third-order valence-electron chi connectivity index (χ3n) is 5.70. The van der Waals surface area contributed by atoms with E-state index in [1.165, 1.54) is 49.8 Å². The Bertz CT molecular complexity index is 560. The van der Waals surface area contributed by atoms with Crippen molar-refractivity contribution in [2.75, 3.05) is 25.0 Å². The molecule has 0 aromatic heterocycles. The Morgan fingerprint density at radius 1 is 1.14 bits per heavy atom. The standard InChI is InChI=1S/C18H24N2O/c21-17(15-4-5-16-14(12-15)6-10-19-16)20-11-9-18(13-20)7-2-1-3-8-18/h4-5,12,19H,1-3,6-11,13H2. The molecule has 4 rings (SSSR count). The van der Waals surface area contributed by atoms with Gasteiger partial charge in [-0.1, -0.05) is 19.3 Å². The number of nitrogens with one attached hydrogen (secondary N) is 1. The van der Waals surface area contributed by atoms with Gasteiger partial charge in [0.05, 0.1) is 0 Å². The van der Waals surface area contributed by atoms with Gasteiger partial charge in [0.15, 0.2) is 0 Å². The van der Waals surface area contributed by atoms with Crippen molar-refractivity contribution >= 4 is 11.6 Å². The number of hydrogen-bond acceptors (Lipinski definition) is 2. The maximum absolute atomic E-state index is 12.8. The summed E-state index contributed by atoms with van der Waals surface area (Å²) in [6.45, 7) is 2.94. The van der Waals surface area contributed by atoms with Crippen molar-refractivity contribution in [1.29, 1.82) is 0 Å². The summed E-state index contributed by atoms with van der Waals surface area (Å²) < 4.78 is 0. The van der Waals surface area contributed by atoms with Crippen LogP contribution in [0.1, 0.15) is 54.4 Å². The molecular formula is C18H24N2O.